The van der Waals surface area contributed by atoms with E-state index in [0.717, 1.165) is 13.1 Å². The zero-order valence-electron chi connectivity index (χ0n) is 11.1. The van der Waals surface area contributed by atoms with Crippen LogP contribution in [0.4, 0.5) is 10.1 Å². The second-order valence-corrected chi connectivity index (χ2v) is 5.20. The number of benzene rings is 1. The molecule has 0 aromatic heterocycles. The van der Waals surface area contributed by atoms with E-state index in [0.29, 0.717) is 23.9 Å². The van der Waals surface area contributed by atoms with Gasteiger partial charge in [-0.1, -0.05) is 13.0 Å². The lowest BCUT2D eigenvalue weighted by molar-refractivity contribution is 0.112. The first-order valence-corrected chi connectivity index (χ1v) is 6.19. The van der Waals surface area contributed by atoms with E-state index in [4.69, 9.17) is 0 Å². The molecule has 1 aliphatic heterocycles. The molecule has 1 aliphatic rings. The Morgan fingerprint density at radius 1 is 1.39 bits per heavy atom. The van der Waals surface area contributed by atoms with E-state index < -0.39 is 5.82 Å². The molecule has 98 valence electrons. The molecule has 18 heavy (non-hydrogen) atoms. The molecule has 0 N–H and O–H groups in total. The lowest BCUT2D eigenvalue weighted by atomic mass is 10.1. The second-order valence-electron chi connectivity index (χ2n) is 5.20. The second kappa shape index (κ2) is 5.06. The minimum atomic E-state index is -0.441. The van der Waals surface area contributed by atoms with Crippen LogP contribution in [0.25, 0.3) is 0 Å². The van der Waals surface area contributed by atoms with Gasteiger partial charge in [-0.15, -0.1) is 0 Å². The first kappa shape index (κ1) is 13.0. The highest BCUT2D eigenvalue weighted by molar-refractivity contribution is 5.85. The molecular weight excluding hydrogens is 231 g/mol. The third-order valence-electron chi connectivity index (χ3n) is 3.72. The highest BCUT2D eigenvalue weighted by Gasteiger charge is 2.32. The van der Waals surface area contributed by atoms with Crippen LogP contribution in [-0.4, -0.2) is 44.4 Å². The van der Waals surface area contributed by atoms with Crippen LogP contribution >= 0.6 is 0 Å². The summed E-state index contributed by atoms with van der Waals surface area (Å²) in [5, 5.41) is 0. The Balaban J connectivity index is 2.29. The minimum absolute atomic E-state index is 0.170. The number of hydrogen-bond donors (Lipinski definition) is 0. The highest BCUT2D eigenvalue weighted by atomic mass is 19.1. The molecule has 1 heterocycles. The highest BCUT2D eigenvalue weighted by Crippen LogP contribution is 2.29. The summed E-state index contributed by atoms with van der Waals surface area (Å²) >= 11 is 0. The third kappa shape index (κ3) is 2.25. The summed E-state index contributed by atoms with van der Waals surface area (Å²) in [4.78, 5) is 15.3. The van der Waals surface area contributed by atoms with Gasteiger partial charge in [0.15, 0.2) is 6.29 Å². The molecule has 1 aromatic carbocycles. The van der Waals surface area contributed by atoms with Crippen molar-refractivity contribution in [1.29, 1.82) is 0 Å². The zero-order valence-corrected chi connectivity index (χ0v) is 11.1. The molecule has 3 nitrogen and oxygen atoms in total. The van der Waals surface area contributed by atoms with Crippen molar-refractivity contribution in [2.24, 2.45) is 5.92 Å². The minimum Gasteiger partial charge on any atom is -0.369 e. The van der Waals surface area contributed by atoms with E-state index >= 15 is 0 Å². The van der Waals surface area contributed by atoms with Gasteiger partial charge in [0.1, 0.15) is 5.82 Å². The number of halogens is 1. The number of likely N-dealkylation sites (N-methyl/N-ethyl adjacent to an activating group) is 1. The third-order valence-corrected chi connectivity index (χ3v) is 3.72. The van der Waals surface area contributed by atoms with Gasteiger partial charge < -0.3 is 9.80 Å². The average molecular weight is 250 g/mol. The van der Waals surface area contributed by atoms with Gasteiger partial charge in [0.2, 0.25) is 0 Å². The summed E-state index contributed by atoms with van der Waals surface area (Å²) in [6, 6.07) is 5.24. The maximum Gasteiger partial charge on any atom is 0.155 e. The quantitative estimate of drug-likeness (QED) is 0.767. The number of carbonyl (C=O) groups is 1. The van der Waals surface area contributed by atoms with Crippen LogP contribution in [0, 0.1) is 11.7 Å². The number of hydrogen-bond acceptors (Lipinski definition) is 3. The Bertz CT molecular complexity index is 447. The van der Waals surface area contributed by atoms with Gasteiger partial charge in [0.05, 0.1) is 11.3 Å². The van der Waals surface area contributed by atoms with E-state index in [9.17, 15) is 9.18 Å². The van der Waals surface area contributed by atoms with Gasteiger partial charge >= 0.3 is 0 Å². The number of aldehydes is 1. The van der Waals surface area contributed by atoms with Crippen molar-refractivity contribution in [3.63, 3.8) is 0 Å². The predicted molar refractivity (Wildman–Crippen MR) is 70.6 cm³/mol. The molecule has 2 unspecified atom stereocenters. The zero-order chi connectivity index (χ0) is 13.3. The summed E-state index contributed by atoms with van der Waals surface area (Å²) in [6.45, 7) is 3.87. The fourth-order valence-corrected chi connectivity index (χ4v) is 2.74. The molecule has 1 saturated heterocycles. The molecule has 0 spiro atoms. The van der Waals surface area contributed by atoms with Crippen molar-refractivity contribution in [3.8, 4) is 0 Å². The van der Waals surface area contributed by atoms with Gasteiger partial charge in [-0.05, 0) is 32.1 Å². The fourth-order valence-electron chi connectivity index (χ4n) is 2.74. The lowest BCUT2D eigenvalue weighted by Gasteiger charge is -2.23. The number of carbonyl (C=O) groups excluding carboxylic acids is 1. The summed E-state index contributed by atoms with van der Waals surface area (Å²) in [7, 11) is 4.10. The van der Waals surface area contributed by atoms with Crippen LogP contribution in [0.15, 0.2) is 18.2 Å². The molecule has 0 aliphatic carbocycles. The SMILES string of the molecule is CC1CN(c2cccc(F)c2C=O)CC1N(C)C. The monoisotopic (exact) mass is 250 g/mol. The number of rotatable bonds is 3. The van der Waals surface area contributed by atoms with Crippen molar-refractivity contribution >= 4 is 12.0 Å². The number of anilines is 1. The Morgan fingerprint density at radius 3 is 2.67 bits per heavy atom. The molecular formula is C14H19FN2O. The largest absolute Gasteiger partial charge is 0.369 e. The van der Waals surface area contributed by atoms with Crippen molar-refractivity contribution in [2.75, 3.05) is 32.1 Å². The summed E-state index contributed by atoms with van der Waals surface area (Å²) < 4.78 is 13.6. The van der Waals surface area contributed by atoms with Crippen LogP contribution in [-0.2, 0) is 0 Å². The van der Waals surface area contributed by atoms with Crippen LogP contribution in [0.1, 0.15) is 17.3 Å². The van der Waals surface area contributed by atoms with Crippen LogP contribution in [0.3, 0.4) is 0 Å². The maximum absolute atomic E-state index is 13.6. The molecule has 0 amide bonds. The van der Waals surface area contributed by atoms with Gasteiger partial charge in [-0.25, -0.2) is 4.39 Å². The lowest BCUT2D eigenvalue weighted by Crippen LogP contribution is -2.34. The normalized spacial score (nSPS) is 23.7. The molecule has 4 heteroatoms. The molecule has 1 aromatic rings. The summed E-state index contributed by atoms with van der Waals surface area (Å²) in [5.41, 5.74) is 0.880. The molecule has 0 radical (unpaired) electrons. The van der Waals surface area contributed by atoms with E-state index in [1.807, 2.05) is 6.07 Å². The molecule has 1 fully saturated rings. The molecule has 2 atom stereocenters. The predicted octanol–water partition coefficient (Wildman–Crippen LogP) is 2.02. The molecule has 0 saturated carbocycles. The molecule has 0 bridgehead atoms. The van der Waals surface area contributed by atoms with Crippen LogP contribution in [0.2, 0.25) is 0 Å². The fraction of sp³-hybridized carbons (Fsp3) is 0.500. The van der Waals surface area contributed by atoms with E-state index in [1.165, 1.54) is 6.07 Å². The van der Waals surface area contributed by atoms with Crippen molar-refractivity contribution in [1.82, 2.24) is 4.90 Å². The van der Waals surface area contributed by atoms with Crippen LogP contribution in [0.5, 0.6) is 0 Å². The number of nitrogens with zero attached hydrogens (tertiary/aromatic N) is 2. The van der Waals surface area contributed by atoms with Crippen molar-refractivity contribution in [3.05, 3.63) is 29.6 Å². The first-order chi connectivity index (χ1) is 8.54. The van der Waals surface area contributed by atoms with Crippen molar-refractivity contribution < 1.29 is 9.18 Å². The van der Waals surface area contributed by atoms with Gasteiger partial charge in [0.25, 0.3) is 0 Å². The summed E-state index contributed by atoms with van der Waals surface area (Å²) in [6.07, 6.45) is 0.609. The van der Waals surface area contributed by atoms with Crippen molar-refractivity contribution in [2.45, 2.75) is 13.0 Å². The first-order valence-electron chi connectivity index (χ1n) is 6.19. The van der Waals surface area contributed by atoms with Crippen LogP contribution < -0.4 is 4.90 Å². The van der Waals surface area contributed by atoms with Gasteiger partial charge in [-0.2, -0.15) is 0 Å². The maximum atomic E-state index is 13.6. The van der Waals surface area contributed by atoms with E-state index in [1.54, 1.807) is 6.07 Å². The smallest absolute Gasteiger partial charge is 0.155 e. The Kier molecular flexibility index (Phi) is 3.66. The Labute approximate surface area is 107 Å². The average Bonchev–Trinajstić information content (AvgIpc) is 2.71. The van der Waals surface area contributed by atoms with E-state index in [-0.39, 0.29) is 5.56 Å². The van der Waals surface area contributed by atoms with E-state index in [2.05, 4.69) is 30.8 Å². The van der Waals surface area contributed by atoms with Gasteiger partial charge in [-0.3, -0.25) is 4.79 Å². The molecule has 2 rings (SSSR count). The Hall–Kier alpha value is -1.42. The van der Waals surface area contributed by atoms with Gasteiger partial charge in [0, 0.05) is 19.1 Å². The standard InChI is InChI=1S/C14H19FN2O/c1-10-7-17(8-14(10)16(2)3)13-6-4-5-12(15)11(13)9-18/h4-6,9-10,14H,7-8H2,1-3H3. The summed E-state index contributed by atoms with van der Waals surface area (Å²) in [5.74, 6) is 0.0613. The topological polar surface area (TPSA) is 23.6 Å². The Morgan fingerprint density at radius 2 is 2.11 bits per heavy atom.